The zero-order valence-corrected chi connectivity index (χ0v) is 13.7. The molecule has 0 aliphatic carbocycles. The van der Waals surface area contributed by atoms with E-state index in [1.165, 1.54) is 6.92 Å². The van der Waals surface area contributed by atoms with Gasteiger partial charge in [-0.2, -0.15) is 0 Å². The number of ketones is 1. The molecule has 124 valence electrons. The number of carbonyl (C=O) groups excluding carboxylic acids is 2. The number of fused-ring (bicyclic) bond motifs is 1. The molecule has 1 amide bonds. The Morgan fingerprint density at radius 2 is 1.67 bits per heavy atom. The van der Waals surface area contributed by atoms with Gasteiger partial charge < -0.3 is 14.8 Å². The van der Waals surface area contributed by atoms with Crippen molar-refractivity contribution in [2.45, 2.75) is 20.3 Å². The molecule has 2 aromatic rings. The van der Waals surface area contributed by atoms with Gasteiger partial charge in [-0.05, 0) is 61.4 Å². The Balaban J connectivity index is 1.69. The van der Waals surface area contributed by atoms with Crippen LogP contribution in [-0.2, 0) is 11.2 Å². The summed E-state index contributed by atoms with van der Waals surface area (Å²) < 4.78 is 11.1. The van der Waals surface area contributed by atoms with Gasteiger partial charge in [0.05, 0.1) is 6.42 Å². The predicted molar refractivity (Wildman–Crippen MR) is 90.9 cm³/mol. The van der Waals surface area contributed by atoms with Crippen molar-refractivity contribution in [1.82, 2.24) is 0 Å². The summed E-state index contributed by atoms with van der Waals surface area (Å²) >= 11 is 0. The number of amides is 1. The number of hydrogen-bond donors (Lipinski definition) is 1. The van der Waals surface area contributed by atoms with Crippen LogP contribution in [0.3, 0.4) is 0 Å². The lowest BCUT2D eigenvalue weighted by Gasteiger charge is -2.20. The van der Waals surface area contributed by atoms with Gasteiger partial charge in [0.1, 0.15) is 13.2 Å². The number of rotatable bonds is 4. The van der Waals surface area contributed by atoms with E-state index in [0.29, 0.717) is 30.2 Å². The molecular formula is C19H19NO4. The van der Waals surface area contributed by atoms with E-state index in [4.69, 9.17) is 9.47 Å². The summed E-state index contributed by atoms with van der Waals surface area (Å²) in [5, 5.41) is 2.84. The van der Waals surface area contributed by atoms with Gasteiger partial charge in [-0.15, -0.1) is 0 Å². The smallest absolute Gasteiger partial charge is 0.228 e. The first-order chi connectivity index (χ1) is 11.5. The van der Waals surface area contributed by atoms with Crippen LogP contribution in [0.5, 0.6) is 11.5 Å². The van der Waals surface area contributed by atoms with Gasteiger partial charge in [-0.25, -0.2) is 0 Å². The maximum atomic E-state index is 12.3. The lowest BCUT2D eigenvalue weighted by atomic mass is 10.0. The summed E-state index contributed by atoms with van der Waals surface area (Å²) in [6, 6.07) is 10.6. The van der Waals surface area contributed by atoms with Crippen molar-refractivity contribution < 1.29 is 19.1 Å². The maximum Gasteiger partial charge on any atom is 0.228 e. The van der Waals surface area contributed by atoms with Crippen LogP contribution in [0, 0.1) is 6.92 Å². The van der Waals surface area contributed by atoms with Crippen LogP contribution in [-0.4, -0.2) is 24.9 Å². The quantitative estimate of drug-likeness (QED) is 0.877. The minimum Gasteiger partial charge on any atom is -0.486 e. The molecule has 0 fully saturated rings. The molecule has 3 rings (SSSR count). The molecule has 0 bridgehead atoms. The molecule has 0 saturated heterocycles. The standard InChI is InChI=1S/C19H19NO4/c1-12-9-17-18(24-8-7-23-17)10-15(12)11-19(22)20-16-5-3-14(4-6-16)13(2)21/h3-6,9-10H,7-8,11H2,1-2H3,(H,20,22). The average molecular weight is 325 g/mol. The molecule has 5 heteroatoms. The Hall–Kier alpha value is -2.82. The fraction of sp³-hybridized carbons (Fsp3) is 0.263. The van der Waals surface area contributed by atoms with Crippen LogP contribution < -0.4 is 14.8 Å². The van der Waals surface area contributed by atoms with Gasteiger partial charge in [0.2, 0.25) is 5.91 Å². The van der Waals surface area contributed by atoms with E-state index in [1.807, 2.05) is 19.1 Å². The molecule has 1 aliphatic heterocycles. The largest absolute Gasteiger partial charge is 0.486 e. The van der Waals surface area contributed by atoms with Gasteiger partial charge in [0.25, 0.3) is 0 Å². The molecule has 24 heavy (non-hydrogen) atoms. The fourth-order valence-electron chi connectivity index (χ4n) is 2.59. The Morgan fingerprint density at radius 1 is 1.04 bits per heavy atom. The van der Waals surface area contributed by atoms with E-state index < -0.39 is 0 Å². The third kappa shape index (κ3) is 3.56. The zero-order chi connectivity index (χ0) is 17.1. The first-order valence-corrected chi connectivity index (χ1v) is 7.83. The SMILES string of the molecule is CC(=O)c1ccc(NC(=O)Cc2cc3c(cc2C)OCCO3)cc1. The van der Waals surface area contributed by atoms with Crippen LogP contribution in [0.4, 0.5) is 5.69 Å². The monoisotopic (exact) mass is 325 g/mol. The van der Waals surface area contributed by atoms with E-state index in [2.05, 4.69) is 5.32 Å². The number of anilines is 1. The second-order valence-corrected chi connectivity index (χ2v) is 5.78. The number of nitrogens with one attached hydrogen (secondary N) is 1. The molecule has 0 atom stereocenters. The lowest BCUT2D eigenvalue weighted by molar-refractivity contribution is -0.115. The van der Waals surface area contributed by atoms with Crippen LogP contribution in [0.25, 0.3) is 0 Å². The number of aryl methyl sites for hydroxylation is 1. The highest BCUT2D eigenvalue weighted by atomic mass is 16.6. The van der Waals surface area contributed by atoms with Crippen molar-refractivity contribution in [3.63, 3.8) is 0 Å². The second kappa shape index (κ2) is 6.74. The van der Waals surface area contributed by atoms with E-state index in [1.54, 1.807) is 24.3 Å². The van der Waals surface area contributed by atoms with Crippen molar-refractivity contribution >= 4 is 17.4 Å². The zero-order valence-electron chi connectivity index (χ0n) is 13.7. The summed E-state index contributed by atoms with van der Waals surface area (Å²) in [5.41, 5.74) is 3.18. The molecule has 0 spiro atoms. The van der Waals surface area contributed by atoms with E-state index >= 15 is 0 Å². The minimum absolute atomic E-state index is 0.000204. The van der Waals surface area contributed by atoms with Crippen molar-refractivity contribution in [2.24, 2.45) is 0 Å². The molecule has 0 aromatic heterocycles. The molecule has 1 aliphatic rings. The summed E-state index contributed by atoms with van der Waals surface area (Å²) in [5.74, 6) is 1.29. The highest BCUT2D eigenvalue weighted by molar-refractivity contribution is 5.96. The van der Waals surface area contributed by atoms with Gasteiger partial charge in [0.15, 0.2) is 17.3 Å². The molecule has 0 saturated carbocycles. The highest BCUT2D eigenvalue weighted by Crippen LogP contribution is 2.33. The molecule has 1 heterocycles. The Morgan fingerprint density at radius 3 is 2.29 bits per heavy atom. The van der Waals surface area contributed by atoms with E-state index in [-0.39, 0.29) is 18.1 Å². The first-order valence-electron chi connectivity index (χ1n) is 7.83. The Bertz CT molecular complexity index is 781. The summed E-state index contributed by atoms with van der Waals surface area (Å²) in [4.78, 5) is 23.5. The number of carbonyl (C=O) groups is 2. The predicted octanol–water partition coefficient (Wildman–Crippen LogP) is 3.15. The normalized spacial score (nSPS) is 12.6. The van der Waals surface area contributed by atoms with Crippen molar-refractivity contribution in [1.29, 1.82) is 0 Å². The van der Waals surface area contributed by atoms with E-state index in [0.717, 1.165) is 16.9 Å². The molecule has 0 unspecified atom stereocenters. The maximum absolute atomic E-state index is 12.3. The molecule has 5 nitrogen and oxygen atoms in total. The summed E-state index contributed by atoms with van der Waals surface area (Å²) in [6.45, 7) is 4.52. The third-order valence-corrected chi connectivity index (χ3v) is 3.93. The van der Waals surface area contributed by atoms with Crippen LogP contribution >= 0.6 is 0 Å². The number of hydrogen-bond acceptors (Lipinski definition) is 4. The fourth-order valence-corrected chi connectivity index (χ4v) is 2.59. The number of benzene rings is 2. The highest BCUT2D eigenvalue weighted by Gasteiger charge is 2.16. The number of Topliss-reactive ketones (excluding diaryl/α,β-unsaturated/α-hetero) is 1. The Labute approximate surface area is 140 Å². The minimum atomic E-state index is -0.120. The molecular weight excluding hydrogens is 306 g/mol. The molecule has 2 aromatic carbocycles. The van der Waals surface area contributed by atoms with Gasteiger partial charge >= 0.3 is 0 Å². The van der Waals surface area contributed by atoms with Gasteiger partial charge in [0, 0.05) is 11.3 Å². The van der Waals surface area contributed by atoms with Crippen molar-refractivity contribution in [3.8, 4) is 11.5 Å². The van der Waals surface area contributed by atoms with Gasteiger partial charge in [-0.1, -0.05) is 0 Å². The van der Waals surface area contributed by atoms with Crippen molar-refractivity contribution in [3.05, 3.63) is 53.1 Å². The van der Waals surface area contributed by atoms with E-state index in [9.17, 15) is 9.59 Å². The van der Waals surface area contributed by atoms with Crippen LogP contribution in [0.1, 0.15) is 28.4 Å². The van der Waals surface area contributed by atoms with Crippen LogP contribution in [0.2, 0.25) is 0 Å². The topological polar surface area (TPSA) is 64.6 Å². The number of ether oxygens (including phenoxy) is 2. The molecule has 0 radical (unpaired) electrons. The lowest BCUT2D eigenvalue weighted by Crippen LogP contribution is -2.18. The van der Waals surface area contributed by atoms with Crippen LogP contribution in [0.15, 0.2) is 36.4 Å². The first kappa shape index (κ1) is 16.1. The summed E-state index contributed by atoms with van der Waals surface area (Å²) in [7, 11) is 0. The third-order valence-electron chi connectivity index (χ3n) is 3.93. The average Bonchev–Trinajstić information content (AvgIpc) is 2.56. The Kier molecular flexibility index (Phi) is 4.51. The second-order valence-electron chi connectivity index (χ2n) is 5.78. The summed E-state index contributed by atoms with van der Waals surface area (Å²) in [6.07, 6.45) is 0.247. The van der Waals surface area contributed by atoms with Gasteiger partial charge in [-0.3, -0.25) is 9.59 Å². The molecule has 1 N–H and O–H groups in total. The van der Waals surface area contributed by atoms with Crippen molar-refractivity contribution in [2.75, 3.05) is 18.5 Å².